The summed E-state index contributed by atoms with van der Waals surface area (Å²) in [7, 11) is 0. The number of nitrogens with zero attached hydrogens (tertiary/aromatic N) is 1. The van der Waals surface area contributed by atoms with Crippen LogP contribution in [0.4, 0.5) is 31.1 Å². The number of alkyl halides is 6. The second-order valence-corrected chi connectivity index (χ2v) is 11.3. The average Bonchev–Trinajstić information content (AvgIpc) is 2.80. The maximum atomic E-state index is 13.3. The van der Waals surface area contributed by atoms with E-state index in [1.807, 2.05) is 38.1 Å². The van der Waals surface area contributed by atoms with E-state index in [0.29, 0.717) is 25.7 Å². The van der Waals surface area contributed by atoms with E-state index in [4.69, 9.17) is 4.74 Å². The Morgan fingerprint density at radius 2 is 1.51 bits per heavy atom. The second-order valence-electron chi connectivity index (χ2n) is 11.3. The Hall–Kier alpha value is -2.75. The van der Waals surface area contributed by atoms with Crippen LogP contribution in [0.25, 0.3) is 0 Å². The Labute approximate surface area is 225 Å². The monoisotopic (exact) mass is 558 g/mol. The van der Waals surface area contributed by atoms with Crippen molar-refractivity contribution in [3.8, 4) is 0 Å². The van der Waals surface area contributed by atoms with Crippen molar-refractivity contribution < 1.29 is 35.9 Å². The van der Waals surface area contributed by atoms with Crippen molar-refractivity contribution >= 4 is 6.09 Å². The third-order valence-electron chi connectivity index (χ3n) is 6.77. The number of carbonyl (C=O) groups excluding carboxylic acids is 1. The summed E-state index contributed by atoms with van der Waals surface area (Å²) in [6.07, 6.45) is -8.12. The van der Waals surface area contributed by atoms with E-state index >= 15 is 0 Å². The maximum Gasteiger partial charge on any atom is 0.416 e. The summed E-state index contributed by atoms with van der Waals surface area (Å²) in [5, 5.41) is 3.18. The van der Waals surface area contributed by atoms with Crippen molar-refractivity contribution in [1.29, 1.82) is 0 Å². The molecule has 3 atom stereocenters. The molecule has 0 unspecified atom stereocenters. The van der Waals surface area contributed by atoms with Crippen LogP contribution in [0, 0.1) is 6.92 Å². The molecule has 1 heterocycles. The van der Waals surface area contributed by atoms with Crippen LogP contribution in [0.1, 0.15) is 74.8 Å². The Morgan fingerprint density at radius 1 is 0.923 bits per heavy atom. The molecule has 0 spiro atoms. The number of piperidine rings is 1. The van der Waals surface area contributed by atoms with Gasteiger partial charge in [-0.05, 0) is 82.7 Å². The first-order valence-electron chi connectivity index (χ1n) is 13.0. The third kappa shape index (κ3) is 8.62. The molecule has 4 nitrogen and oxygen atoms in total. The van der Waals surface area contributed by atoms with Gasteiger partial charge in [-0.1, -0.05) is 36.8 Å². The van der Waals surface area contributed by atoms with Crippen LogP contribution < -0.4 is 5.32 Å². The van der Waals surface area contributed by atoms with Crippen molar-refractivity contribution in [2.45, 2.75) is 103 Å². The number of aryl methyl sites for hydroxylation is 1. The van der Waals surface area contributed by atoms with Crippen LogP contribution in [0.2, 0.25) is 0 Å². The highest BCUT2D eigenvalue weighted by molar-refractivity contribution is 5.69. The van der Waals surface area contributed by atoms with E-state index < -0.39 is 35.2 Å². The third-order valence-corrected chi connectivity index (χ3v) is 6.77. The number of amides is 1. The summed E-state index contributed by atoms with van der Waals surface area (Å²) in [6.45, 7) is 9.12. The average molecular weight is 559 g/mol. The molecule has 39 heavy (non-hydrogen) atoms. The van der Waals surface area contributed by atoms with Gasteiger partial charge in [0, 0.05) is 24.7 Å². The highest BCUT2D eigenvalue weighted by Crippen LogP contribution is 2.37. The summed E-state index contributed by atoms with van der Waals surface area (Å²) in [6, 6.07) is 8.83. The number of carbonyl (C=O) groups is 1. The van der Waals surface area contributed by atoms with Crippen molar-refractivity contribution in [1.82, 2.24) is 10.2 Å². The lowest BCUT2D eigenvalue weighted by atomic mass is 9.86. The minimum Gasteiger partial charge on any atom is -0.444 e. The first-order valence-corrected chi connectivity index (χ1v) is 13.0. The fraction of sp³-hybridized carbons (Fsp3) is 0.552. The molecule has 1 saturated heterocycles. The molecule has 0 saturated carbocycles. The van der Waals surface area contributed by atoms with Crippen LogP contribution in [0.3, 0.4) is 0 Å². The van der Waals surface area contributed by atoms with Crippen LogP contribution in [-0.2, 0) is 30.1 Å². The van der Waals surface area contributed by atoms with Crippen molar-refractivity contribution in [2.24, 2.45) is 0 Å². The number of halogens is 6. The van der Waals surface area contributed by atoms with Gasteiger partial charge < -0.3 is 15.0 Å². The molecule has 0 aliphatic carbocycles. The standard InChI is InChI=1S/C29H36F6N2O2/c1-6-24-15-23(36-17-20-11-21(28(30,31)32)14-22(12-20)29(33,34)35)16-25(13-19-9-7-8-18(2)10-19)37(24)26(38)39-27(3,4)5/h7-12,14,23-25,36H,6,13,15-17H2,1-5H3/t23-,24+,25-/m0/s1. The first-order chi connectivity index (χ1) is 18.0. The number of rotatable bonds is 6. The molecule has 1 amide bonds. The molecule has 216 valence electrons. The van der Waals surface area contributed by atoms with Gasteiger partial charge in [0.25, 0.3) is 0 Å². The molecule has 1 aliphatic rings. The largest absolute Gasteiger partial charge is 0.444 e. The molecule has 0 bridgehead atoms. The highest BCUT2D eigenvalue weighted by atomic mass is 19.4. The van der Waals surface area contributed by atoms with Gasteiger partial charge in [-0.2, -0.15) is 26.3 Å². The van der Waals surface area contributed by atoms with Gasteiger partial charge in [-0.3, -0.25) is 0 Å². The van der Waals surface area contributed by atoms with E-state index in [9.17, 15) is 31.1 Å². The minimum atomic E-state index is -4.90. The number of benzene rings is 2. The minimum absolute atomic E-state index is 0.102. The van der Waals surface area contributed by atoms with Crippen LogP contribution >= 0.6 is 0 Å². The summed E-state index contributed by atoms with van der Waals surface area (Å²) in [5.41, 5.74) is -1.38. The van der Waals surface area contributed by atoms with Gasteiger partial charge in [0.05, 0.1) is 11.1 Å². The van der Waals surface area contributed by atoms with Crippen molar-refractivity contribution in [2.75, 3.05) is 0 Å². The van der Waals surface area contributed by atoms with Gasteiger partial charge in [-0.15, -0.1) is 0 Å². The fourth-order valence-corrected chi connectivity index (χ4v) is 5.10. The topological polar surface area (TPSA) is 41.6 Å². The zero-order chi connectivity index (χ0) is 29.2. The quantitative estimate of drug-likeness (QED) is 0.367. The first kappa shape index (κ1) is 30.8. The predicted octanol–water partition coefficient (Wildman–Crippen LogP) is 7.91. The highest BCUT2D eigenvalue weighted by Gasteiger charge is 2.40. The molecule has 1 N–H and O–H groups in total. The molecule has 1 aliphatic heterocycles. The van der Waals surface area contributed by atoms with Gasteiger partial charge in [-0.25, -0.2) is 4.79 Å². The van der Waals surface area contributed by atoms with Gasteiger partial charge >= 0.3 is 18.4 Å². The fourth-order valence-electron chi connectivity index (χ4n) is 5.10. The zero-order valence-corrected chi connectivity index (χ0v) is 22.8. The predicted molar refractivity (Wildman–Crippen MR) is 137 cm³/mol. The Kier molecular flexibility index (Phi) is 9.30. The number of likely N-dealkylation sites (tertiary alicyclic amines) is 1. The molecule has 2 aromatic rings. The van der Waals surface area contributed by atoms with Gasteiger partial charge in [0.2, 0.25) is 0 Å². The number of hydrogen-bond acceptors (Lipinski definition) is 3. The lowest BCUT2D eigenvalue weighted by Gasteiger charge is -2.45. The lowest BCUT2D eigenvalue weighted by molar-refractivity contribution is -0.143. The number of hydrogen-bond donors (Lipinski definition) is 1. The zero-order valence-electron chi connectivity index (χ0n) is 22.8. The van der Waals surface area contributed by atoms with Crippen molar-refractivity contribution in [3.63, 3.8) is 0 Å². The number of ether oxygens (including phenoxy) is 1. The molecular formula is C29H36F6N2O2. The molecule has 10 heteroatoms. The molecule has 0 aromatic heterocycles. The van der Waals surface area contributed by atoms with Gasteiger partial charge in [0.15, 0.2) is 0 Å². The summed E-state index contributed by atoms with van der Waals surface area (Å²) in [5.74, 6) is 0. The van der Waals surface area contributed by atoms with Crippen LogP contribution in [0.5, 0.6) is 0 Å². The molecule has 2 aromatic carbocycles. The van der Waals surface area contributed by atoms with E-state index in [2.05, 4.69) is 5.32 Å². The summed E-state index contributed by atoms with van der Waals surface area (Å²) in [4.78, 5) is 15.0. The molecule has 1 fully saturated rings. The SMILES string of the molecule is CC[C@@H]1C[C@H](NCc2cc(C(F)(F)F)cc(C(F)(F)F)c2)C[C@H](Cc2cccc(C)c2)N1C(=O)OC(C)(C)C. The van der Waals surface area contributed by atoms with E-state index in [1.165, 1.54) is 0 Å². The molecular weight excluding hydrogens is 522 g/mol. The van der Waals surface area contributed by atoms with Crippen LogP contribution in [-0.4, -0.2) is 34.7 Å². The van der Waals surface area contributed by atoms with Crippen LogP contribution in [0.15, 0.2) is 42.5 Å². The van der Waals surface area contributed by atoms with E-state index in [1.54, 1.807) is 25.7 Å². The maximum absolute atomic E-state index is 13.3. The normalized spacial score (nSPS) is 20.7. The Balaban J connectivity index is 1.86. The summed E-state index contributed by atoms with van der Waals surface area (Å²) < 4.78 is 85.6. The van der Waals surface area contributed by atoms with Crippen molar-refractivity contribution in [3.05, 3.63) is 70.3 Å². The van der Waals surface area contributed by atoms with E-state index in [-0.39, 0.29) is 36.3 Å². The summed E-state index contributed by atoms with van der Waals surface area (Å²) >= 11 is 0. The Bertz CT molecular complexity index is 1110. The Morgan fingerprint density at radius 3 is 2.03 bits per heavy atom. The molecule has 0 radical (unpaired) electrons. The molecule has 3 rings (SSSR count). The smallest absolute Gasteiger partial charge is 0.416 e. The van der Waals surface area contributed by atoms with Gasteiger partial charge in [0.1, 0.15) is 5.60 Å². The van der Waals surface area contributed by atoms with E-state index in [0.717, 1.165) is 23.3 Å². The number of nitrogens with one attached hydrogen (secondary N) is 1. The second kappa shape index (κ2) is 11.8. The lowest BCUT2D eigenvalue weighted by Crippen LogP contribution is -2.57.